The molecule has 0 saturated carbocycles. The third-order valence-electron chi connectivity index (χ3n) is 3.78. The molecule has 1 heterocycles. The first-order valence-corrected chi connectivity index (χ1v) is 8.36. The first kappa shape index (κ1) is 18.9. The number of aromatic nitrogens is 1. The van der Waals surface area contributed by atoms with Gasteiger partial charge in [-0.2, -0.15) is 0 Å². The van der Waals surface area contributed by atoms with Gasteiger partial charge >= 0.3 is 0 Å². The van der Waals surface area contributed by atoms with E-state index in [1.807, 2.05) is 0 Å². The van der Waals surface area contributed by atoms with Crippen molar-refractivity contribution in [2.24, 2.45) is 5.73 Å². The Morgan fingerprint density at radius 1 is 1.19 bits per heavy atom. The van der Waals surface area contributed by atoms with E-state index in [1.54, 1.807) is 0 Å². The average molecular weight is 408 g/mol. The highest BCUT2D eigenvalue weighted by Crippen LogP contribution is 2.34. The van der Waals surface area contributed by atoms with E-state index in [0.717, 1.165) is 0 Å². The zero-order valence-electron chi connectivity index (χ0n) is 13.8. The van der Waals surface area contributed by atoms with E-state index in [-0.39, 0.29) is 38.2 Å². The van der Waals surface area contributed by atoms with Crippen molar-refractivity contribution in [2.75, 3.05) is 5.32 Å². The number of hydrogen-bond donors (Lipinski definition) is 2. The number of nitrogens with zero attached hydrogens (tertiary/aromatic N) is 1. The summed E-state index contributed by atoms with van der Waals surface area (Å²) >= 11 is 12.0. The number of carbonyl (C=O) groups is 2. The van der Waals surface area contributed by atoms with Crippen molar-refractivity contribution in [3.63, 3.8) is 0 Å². The highest BCUT2D eigenvalue weighted by molar-refractivity contribution is 6.34. The molecule has 0 spiro atoms. The number of anilines is 1. The molecule has 1 aromatic heterocycles. The van der Waals surface area contributed by atoms with Crippen LogP contribution in [0.3, 0.4) is 0 Å². The van der Waals surface area contributed by atoms with Gasteiger partial charge in [-0.1, -0.05) is 34.4 Å². The molecular formula is C18H12Cl2FN3O3. The molecule has 0 aliphatic carbocycles. The molecule has 0 unspecified atom stereocenters. The van der Waals surface area contributed by atoms with Crippen LogP contribution in [0.25, 0.3) is 11.3 Å². The Kier molecular flexibility index (Phi) is 5.16. The van der Waals surface area contributed by atoms with Gasteiger partial charge in [-0.05, 0) is 37.3 Å². The Balaban J connectivity index is 1.98. The van der Waals surface area contributed by atoms with Crippen LogP contribution in [-0.2, 0) is 0 Å². The van der Waals surface area contributed by atoms with Crippen LogP contribution in [0.4, 0.5) is 10.1 Å². The normalized spacial score (nSPS) is 10.7. The molecule has 138 valence electrons. The summed E-state index contributed by atoms with van der Waals surface area (Å²) in [4.78, 5) is 24.0. The van der Waals surface area contributed by atoms with Crippen LogP contribution in [0.1, 0.15) is 26.5 Å². The van der Waals surface area contributed by atoms with Crippen molar-refractivity contribution in [1.29, 1.82) is 0 Å². The monoisotopic (exact) mass is 407 g/mol. The van der Waals surface area contributed by atoms with Crippen LogP contribution >= 0.6 is 23.2 Å². The Bertz CT molecular complexity index is 1050. The van der Waals surface area contributed by atoms with Gasteiger partial charge in [0, 0.05) is 5.69 Å². The molecule has 3 aromatic rings. The second kappa shape index (κ2) is 7.38. The fraction of sp³-hybridized carbons (Fsp3) is 0.0556. The molecule has 9 heteroatoms. The lowest BCUT2D eigenvalue weighted by Gasteiger charge is -2.09. The lowest BCUT2D eigenvalue weighted by atomic mass is 10.0. The molecule has 0 aliphatic heterocycles. The molecule has 0 bridgehead atoms. The Morgan fingerprint density at radius 2 is 1.93 bits per heavy atom. The standard InChI is InChI=1S/C18H12Cl2FN3O3/c1-8-14(16(24-27-8)15-11(19)3-2-4-13(15)21)18(26)23-9-5-6-10(17(22)25)12(20)7-9/h2-7H,1H3,(H2,22,25)(H,23,26). The maximum Gasteiger partial charge on any atom is 0.261 e. The summed E-state index contributed by atoms with van der Waals surface area (Å²) in [5, 5.41) is 6.55. The van der Waals surface area contributed by atoms with Crippen molar-refractivity contribution in [1.82, 2.24) is 5.16 Å². The van der Waals surface area contributed by atoms with Gasteiger partial charge in [0.15, 0.2) is 0 Å². The van der Waals surface area contributed by atoms with E-state index in [1.165, 1.54) is 43.3 Å². The van der Waals surface area contributed by atoms with Crippen LogP contribution < -0.4 is 11.1 Å². The lowest BCUT2D eigenvalue weighted by Crippen LogP contribution is -2.15. The number of primary amides is 1. The summed E-state index contributed by atoms with van der Waals surface area (Å²) in [5.41, 5.74) is 5.59. The number of nitrogens with one attached hydrogen (secondary N) is 1. The molecule has 0 saturated heterocycles. The van der Waals surface area contributed by atoms with Crippen molar-refractivity contribution in [3.05, 3.63) is 69.1 Å². The minimum absolute atomic E-state index is 0.0204. The van der Waals surface area contributed by atoms with E-state index in [2.05, 4.69) is 10.5 Å². The molecule has 0 radical (unpaired) electrons. The first-order chi connectivity index (χ1) is 12.8. The number of hydrogen-bond acceptors (Lipinski definition) is 4. The van der Waals surface area contributed by atoms with E-state index in [0.29, 0.717) is 5.69 Å². The van der Waals surface area contributed by atoms with E-state index in [9.17, 15) is 14.0 Å². The van der Waals surface area contributed by atoms with Crippen molar-refractivity contribution in [3.8, 4) is 11.3 Å². The highest BCUT2D eigenvalue weighted by atomic mass is 35.5. The van der Waals surface area contributed by atoms with E-state index < -0.39 is 17.6 Å². The van der Waals surface area contributed by atoms with Crippen LogP contribution in [0.2, 0.25) is 10.0 Å². The second-order valence-corrected chi connectivity index (χ2v) is 6.39. The molecule has 0 fully saturated rings. The van der Waals surface area contributed by atoms with Gasteiger partial charge in [-0.25, -0.2) is 4.39 Å². The maximum absolute atomic E-state index is 14.2. The fourth-order valence-corrected chi connectivity index (χ4v) is 3.05. The fourth-order valence-electron chi connectivity index (χ4n) is 2.52. The Labute approximate surface area is 163 Å². The molecule has 2 amide bonds. The van der Waals surface area contributed by atoms with E-state index >= 15 is 0 Å². The van der Waals surface area contributed by atoms with Crippen LogP contribution in [0, 0.1) is 12.7 Å². The Hall–Kier alpha value is -2.90. The molecule has 3 N–H and O–H groups in total. The van der Waals surface area contributed by atoms with Gasteiger partial charge in [0.1, 0.15) is 22.8 Å². The van der Waals surface area contributed by atoms with Crippen molar-refractivity contribution < 1.29 is 18.5 Å². The average Bonchev–Trinajstić information content (AvgIpc) is 2.96. The summed E-state index contributed by atoms with van der Waals surface area (Å²) in [7, 11) is 0. The minimum atomic E-state index is -0.691. The predicted molar refractivity (Wildman–Crippen MR) is 99.6 cm³/mol. The number of halogens is 3. The Morgan fingerprint density at radius 3 is 2.56 bits per heavy atom. The molecule has 2 aromatic carbocycles. The molecule has 0 aliphatic rings. The lowest BCUT2D eigenvalue weighted by molar-refractivity contribution is 0.0998. The summed E-state index contributed by atoms with van der Waals surface area (Å²) < 4.78 is 19.3. The molecule has 3 rings (SSSR count). The number of aryl methyl sites for hydroxylation is 1. The van der Waals surface area contributed by atoms with Gasteiger partial charge in [0.25, 0.3) is 5.91 Å². The third-order valence-corrected chi connectivity index (χ3v) is 4.41. The summed E-state index contributed by atoms with van der Waals surface area (Å²) in [6.07, 6.45) is 0. The zero-order chi connectivity index (χ0) is 19.7. The quantitative estimate of drug-likeness (QED) is 0.667. The largest absolute Gasteiger partial charge is 0.366 e. The smallest absolute Gasteiger partial charge is 0.261 e. The minimum Gasteiger partial charge on any atom is -0.366 e. The van der Waals surface area contributed by atoms with Gasteiger partial charge in [0.2, 0.25) is 5.91 Å². The number of rotatable bonds is 4. The van der Waals surface area contributed by atoms with E-state index in [4.69, 9.17) is 33.5 Å². The number of amides is 2. The zero-order valence-corrected chi connectivity index (χ0v) is 15.4. The molecule has 0 atom stereocenters. The number of benzene rings is 2. The first-order valence-electron chi connectivity index (χ1n) is 7.61. The SMILES string of the molecule is Cc1onc(-c2c(F)cccc2Cl)c1C(=O)Nc1ccc(C(N)=O)c(Cl)c1. The van der Waals surface area contributed by atoms with Crippen LogP contribution in [0.15, 0.2) is 40.9 Å². The van der Waals surface area contributed by atoms with Crippen LogP contribution in [-0.4, -0.2) is 17.0 Å². The van der Waals surface area contributed by atoms with Crippen LogP contribution in [0.5, 0.6) is 0 Å². The predicted octanol–water partition coefficient (Wildman–Crippen LogP) is 4.45. The second-order valence-electron chi connectivity index (χ2n) is 5.57. The highest BCUT2D eigenvalue weighted by Gasteiger charge is 2.25. The molecular weight excluding hydrogens is 396 g/mol. The maximum atomic E-state index is 14.2. The summed E-state index contributed by atoms with van der Waals surface area (Å²) in [5.74, 6) is -1.75. The van der Waals surface area contributed by atoms with Gasteiger partial charge in [0.05, 0.1) is 21.2 Å². The molecule has 27 heavy (non-hydrogen) atoms. The number of carbonyl (C=O) groups excluding carboxylic acids is 2. The van der Waals surface area contributed by atoms with Crippen molar-refractivity contribution >= 4 is 40.7 Å². The number of nitrogens with two attached hydrogens (primary N) is 1. The van der Waals surface area contributed by atoms with Crippen molar-refractivity contribution in [2.45, 2.75) is 6.92 Å². The third kappa shape index (κ3) is 3.65. The summed E-state index contributed by atoms with van der Waals surface area (Å²) in [6, 6.07) is 8.34. The van der Waals surface area contributed by atoms with Gasteiger partial charge < -0.3 is 15.6 Å². The van der Waals surface area contributed by atoms with Gasteiger partial charge in [-0.15, -0.1) is 0 Å². The van der Waals surface area contributed by atoms with Gasteiger partial charge in [-0.3, -0.25) is 9.59 Å². The topological polar surface area (TPSA) is 98.2 Å². The molecule has 6 nitrogen and oxygen atoms in total. The summed E-state index contributed by atoms with van der Waals surface area (Å²) in [6.45, 7) is 1.52.